The van der Waals surface area contributed by atoms with Crippen LogP contribution in [0.15, 0.2) is 42.6 Å². The number of nitrogens with one attached hydrogen (secondary N) is 2. The topological polar surface area (TPSA) is 69.7 Å². The van der Waals surface area contributed by atoms with Crippen molar-refractivity contribution in [2.75, 3.05) is 69.0 Å². The van der Waals surface area contributed by atoms with E-state index >= 15 is 0 Å². The number of carbonyl (C=O) groups excluding carboxylic acids is 1. The summed E-state index contributed by atoms with van der Waals surface area (Å²) in [4.78, 5) is 21.3. The first-order valence-corrected chi connectivity index (χ1v) is 9.21. The molecule has 0 saturated carbocycles. The molecule has 0 aliphatic carbocycles. The van der Waals surface area contributed by atoms with Crippen LogP contribution in [0.4, 0.5) is 17.2 Å². The molecule has 1 aliphatic heterocycles. The molecule has 2 heterocycles. The second-order valence-corrected chi connectivity index (χ2v) is 6.73. The summed E-state index contributed by atoms with van der Waals surface area (Å²) in [6.45, 7) is 4.77. The Morgan fingerprint density at radius 1 is 1.19 bits per heavy atom. The summed E-state index contributed by atoms with van der Waals surface area (Å²) in [6.07, 6.45) is 1.60. The van der Waals surface area contributed by atoms with Crippen LogP contribution in [-0.4, -0.2) is 69.3 Å². The molecule has 2 aromatic rings. The third-order valence-corrected chi connectivity index (χ3v) is 4.39. The third kappa shape index (κ3) is 5.42. The Bertz CT molecular complexity index is 742. The van der Waals surface area contributed by atoms with E-state index in [0.717, 1.165) is 43.4 Å². The van der Waals surface area contributed by atoms with Crippen molar-refractivity contribution in [1.82, 2.24) is 9.88 Å². The lowest BCUT2D eigenvalue weighted by atomic mass is 10.2. The zero-order chi connectivity index (χ0) is 19.1. The molecular weight excluding hydrogens is 342 g/mol. The molecule has 0 unspecified atom stereocenters. The van der Waals surface area contributed by atoms with E-state index in [0.29, 0.717) is 18.8 Å². The van der Waals surface area contributed by atoms with Crippen molar-refractivity contribution in [2.45, 2.75) is 0 Å². The highest BCUT2D eigenvalue weighted by Crippen LogP contribution is 2.26. The van der Waals surface area contributed by atoms with E-state index in [1.165, 1.54) is 0 Å². The van der Waals surface area contributed by atoms with Crippen molar-refractivity contribution in [3.63, 3.8) is 0 Å². The summed E-state index contributed by atoms with van der Waals surface area (Å²) in [7, 11) is 4.05. The van der Waals surface area contributed by atoms with Gasteiger partial charge in [0.2, 0.25) is 0 Å². The Morgan fingerprint density at radius 3 is 2.67 bits per heavy atom. The fourth-order valence-corrected chi connectivity index (χ4v) is 2.89. The molecule has 1 aromatic heterocycles. The predicted molar refractivity (Wildman–Crippen MR) is 109 cm³/mol. The number of para-hydroxylation sites is 2. The van der Waals surface area contributed by atoms with Crippen LogP contribution in [0.1, 0.15) is 10.4 Å². The Balaban J connectivity index is 1.63. The van der Waals surface area contributed by atoms with Gasteiger partial charge in [-0.2, -0.15) is 0 Å². The number of carbonyl (C=O) groups is 1. The van der Waals surface area contributed by atoms with E-state index in [4.69, 9.17) is 4.74 Å². The molecule has 0 spiro atoms. The van der Waals surface area contributed by atoms with Crippen molar-refractivity contribution in [3.8, 4) is 0 Å². The Kier molecular flexibility index (Phi) is 6.62. The van der Waals surface area contributed by atoms with E-state index in [1.807, 2.05) is 44.4 Å². The first-order valence-electron chi connectivity index (χ1n) is 9.21. The SMILES string of the molecule is CN(C)CCNc1ccc(C(=O)Nc2ccccc2N2CCOCC2)cn1. The molecule has 1 amide bonds. The molecule has 1 aliphatic rings. The van der Waals surface area contributed by atoms with E-state index in [1.54, 1.807) is 12.3 Å². The zero-order valence-corrected chi connectivity index (χ0v) is 15.9. The highest BCUT2D eigenvalue weighted by atomic mass is 16.5. The number of likely N-dealkylation sites (N-methyl/N-ethyl adjacent to an activating group) is 1. The molecule has 1 saturated heterocycles. The summed E-state index contributed by atoms with van der Waals surface area (Å²) in [5.74, 6) is 0.602. The van der Waals surface area contributed by atoms with Crippen LogP contribution >= 0.6 is 0 Å². The summed E-state index contributed by atoms with van der Waals surface area (Å²) in [5.41, 5.74) is 2.35. The van der Waals surface area contributed by atoms with Gasteiger partial charge in [-0.3, -0.25) is 4.79 Å². The number of nitrogens with zero attached hydrogens (tertiary/aromatic N) is 3. The first kappa shape index (κ1) is 19.1. The predicted octanol–water partition coefficient (Wildman–Crippen LogP) is 2.14. The van der Waals surface area contributed by atoms with Crippen LogP contribution in [-0.2, 0) is 4.74 Å². The number of morpholine rings is 1. The molecule has 0 bridgehead atoms. The summed E-state index contributed by atoms with van der Waals surface area (Å²) in [6, 6.07) is 11.5. The molecule has 1 fully saturated rings. The van der Waals surface area contributed by atoms with Gasteiger partial charge in [0.1, 0.15) is 5.82 Å². The Labute approximate surface area is 160 Å². The van der Waals surface area contributed by atoms with Crippen LogP contribution < -0.4 is 15.5 Å². The molecule has 0 atom stereocenters. The van der Waals surface area contributed by atoms with E-state index in [2.05, 4.69) is 25.4 Å². The number of hydrogen-bond donors (Lipinski definition) is 2. The molecule has 7 heteroatoms. The van der Waals surface area contributed by atoms with Crippen LogP contribution in [0, 0.1) is 0 Å². The number of amides is 1. The fourth-order valence-electron chi connectivity index (χ4n) is 2.89. The molecule has 1 aromatic carbocycles. The normalized spacial score (nSPS) is 14.3. The highest BCUT2D eigenvalue weighted by molar-refractivity contribution is 6.05. The molecule has 2 N–H and O–H groups in total. The summed E-state index contributed by atoms with van der Waals surface area (Å²) < 4.78 is 5.42. The lowest BCUT2D eigenvalue weighted by Gasteiger charge is -2.30. The van der Waals surface area contributed by atoms with Crippen LogP contribution in [0.2, 0.25) is 0 Å². The maximum absolute atomic E-state index is 12.6. The van der Waals surface area contributed by atoms with E-state index in [-0.39, 0.29) is 5.91 Å². The lowest BCUT2D eigenvalue weighted by molar-refractivity contribution is 0.102. The highest BCUT2D eigenvalue weighted by Gasteiger charge is 2.16. The van der Waals surface area contributed by atoms with Crippen molar-refractivity contribution < 1.29 is 9.53 Å². The second-order valence-electron chi connectivity index (χ2n) is 6.73. The monoisotopic (exact) mass is 369 g/mol. The number of aromatic nitrogens is 1. The summed E-state index contributed by atoms with van der Waals surface area (Å²) in [5, 5.41) is 6.25. The average molecular weight is 369 g/mol. The third-order valence-electron chi connectivity index (χ3n) is 4.39. The fraction of sp³-hybridized carbons (Fsp3) is 0.400. The number of hydrogen-bond acceptors (Lipinski definition) is 6. The molecule has 7 nitrogen and oxygen atoms in total. The Hall–Kier alpha value is -2.64. The number of pyridine rings is 1. The van der Waals surface area contributed by atoms with Gasteiger partial charge >= 0.3 is 0 Å². The van der Waals surface area contributed by atoms with Gasteiger partial charge in [0.25, 0.3) is 5.91 Å². The van der Waals surface area contributed by atoms with Gasteiger partial charge in [-0.1, -0.05) is 12.1 Å². The number of benzene rings is 1. The van der Waals surface area contributed by atoms with Gasteiger partial charge in [-0.05, 0) is 38.4 Å². The Morgan fingerprint density at radius 2 is 1.96 bits per heavy atom. The van der Waals surface area contributed by atoms with Gasteiger partial charge in [-0.25, -0.2) is 4.98 Å². The minimum absolute atomic E-state index is 0.164. The minimum atomic E-state index is -0.164. The van der Waals surface area contributed by atoms with Crippen molar-refractivity contribution in [1.29, 1.82) is 0 Å². The van der Waals surface area contributed by atoms with Gasteiger partial charge < -0.3 is 25.2 Å². The quantitative estimate of drug-likeness (QED) is 0.779. The molecule has 144 valence electrons. The minimum Gasteiger partial charge on any atom is -0.378 e. The number of anilines is 3. The number of rotatable bonds is 7. The maximum atomic E-state index is 12.6. The lowest BCUT2D eigenvalue weighted by Crippen LogP contribution is -2.36. The van der Waals surface area contributed by atoms with Gasteiger partial charge in [-0.15, -0.1) is 0 Å². The van der Waals surface area contributed by atoms with Crippen molar-refractivity contribution in [3.05, 3.63) is 48.2 Å². The standard InChI is InChI=1S/C20H27N5O2/c1-24(2)10-9-21-19-8-7-16(15-22-19)20(26)23-17-5-3-4-6-18(17)25-11-13-27-14-12-25/h3-8,15H,9-14H2,1-2H3,(H,21,22)(H,23,26). The van der Waals surface area contributed by atoms with Gasteiger partial charge in [0.05, 0.1) is 30.2 Å². The molecular formula is C20H27N5O2. The van der Waals surface area contributed by atoms with Gasteiger partial charge in [0, 0.05) is 32.4 Å². The molecule has 0 radical (unpaired) electrons. The largest absolute Gasteiger partial charge is 0.378 e. The molecule has 27 heavy (non-hydrogen) atoms. The van der Waals surface area contributed by atoms with Gasteiger partial charge in [0.15, 0.2) is 0 Å². The van der Waals surface area contributed by atoms with Crippen molar-refractivity contribution in [2.24, 2.45) is 0 Å². The smallest absolute Gasteiger partial charge is 0.257 e. The van der Waals surface area contributed by atoms with Crippen LogP contribution in [0.5, 0.6) is 0 Å². The van der Waals surface area contributed by atoms with E-state index < -0.39 is 0 Å². The van der Waals surface area contributed by atoms with Crippen LogP contribution in [0.25, 0.3) is 0 Å². The maximum Gasteiger partial charge on any atom is 0.257 e. The van der Waals surface area contributed by atoms with Crippen molar-refractivity contribution >= 4 is 23.1 Å². The second kappa shape index (κ2) is 9.34. The first-order chi connectivity index (χ1) is 13.1. The number of ether oxygens (including phenoxy) is 1. The zero-order valence-electron chi connectivity index (χ0n) is 15.9. The average Bonchev–Trinajstić information content (AvgIpc) is 2.69. The molecule has 3 rings (SSSR count). The van der Waals surface area contributed by atoms with E-state index in [9.17, 15) is 4.79 Å². The summed E-state index contributed by atoms with van der Waals surface area (Å²) >= 11 is 0. The van der Waals surface area contributed by atoms with Crippen LogP contribution in [0.3, 0.4) is 0 Å².